The number of benzene rings is 2. The van der Waals surface area contributed by atoms with Crippen molar-refractivity contribution in [1.82, 2.24) is 3.96 Å². The van der Waals surface area contributed by atoms with Crippen LogP contribution in [0.2, 0.25) is 0 Å². The lowest BCUT2D eigenvalue weighted by Gasteiger charge is -2.01. The minimum Gasteiger partial charge on any atom is -0.320 e. The number of rotatable bonds is 2. The lowest BCUT2D eigenvalue weighted by Crippen LogP contribution is -2.13. The summed E-state index contributed by atoms with van der Waals surface area (Å²) in [7, 11) is 0. The summed E-state index contributed by atoms with van der Waals surface area (Å²) >= 11 is 1.50. The van der Waals surface area contributed by atoms with Gasteiger partial charge in [-0.05, 0) is 29.8 Å². The van der Waals surface area contributed by atoms with E-state index in [0.29, 0.717) is 13.1 Å². The smallest absolute Gasteiger partial charge is 0.268 e. The van der Waals surface area contributed by atoms with E-state index in [9.17, 15) is 4.79 Å². The van der Waals surface area contributed by atoms with E-state index in [1.54, 1.807) is 3.96 Å². The van der Waals surface area contributed by atoms with Crippen LogP contribution in [0, 0.1) is 11.8 Å². The molecule has 0 unspecified atom stereocenters. The predicted octanol–water partition coefficient (Wildman–Crippen LogP) is 2.42. The van der Waals surface area contributed by atoms with Gasteiger partial charge in [-0.2, -0.15) is 0 Å². The van der Waals surface area contributed by atoms with E-state index in [0.717, 1.165) is 21.2 Å². The quantitative estimate of drug-likeness (QED) is 0.738. The Balaban J connectivity index is 1.88. The molecular formula is C17H14N2OS. The van der Waals surface area contributed by atoms with E-state index < -0.39 is 0 Å². The molecular weight excluding hydrogens is 280 g/mol. The largest absolute Gasteiger partial charge is 0.320 e. The molecule has 3 nitrogen and oxygen atoms in total. The van der Waals surface area contributed by atoms with Gasteiger partial charge in [-0.25, -0.2) is 0 Å². The molecule has 3 aromatic rings. The fraction of sp³-hybridized carbons (Fsp3) is 0.118. The van der Waals surface area contributed by atoms with Gasteiger partial charge in [-0.3, -0.25) is 8.75 Å². The Labute approximate surface area is 126 Å². The van der Waals surface area contributed by atoms with Gasteiger partial charge in [-0.1, -0.05) is 47.6 Å². The fourth-order valence-electron chi connectivity index (χ4n) is 2.13. The molecule has 0 bridgehead atoms. The summed E-state index contributed by atoms with van der Waals surface area (Å²) in [6.45, 7) is 0.946. The van der Waals surface area contributed by atoms with Crippen LogP contribution in [0.4, 0.5) is 0 Å². The molecule has 4 heteroatoms. The molecule has 0 saturated heterocycles. The van der Waals surface area contributed by atoms with Gasteiger partial charge in [0.25, 0.3) is 5.56 Å². The molecule has 0 aliphatic carbocycles. The Morgan fingerprint density at radius 2 is 1.86 bits per heavy atom. The molecule has 0 amide bonds. The highest BCUT2D eigenvalue weighted by atomic mass is 32.1. The lowest BCUT2D eigenvalue weighted by molar-refractivity contribution is 0.854. The van der Waals surface area contributed by atoms with Crippen LogP contribution in [0.3, 0.4) is 0 Å². The van der Waals surface area contributed by atoms with E-state index in [4.69, 9.17) is 5.73 Å². The van der Waals surface area contributed by atoms with Crippen molar-refractivity contribution in [2.24, 2.45) is 5.73 Å². The van der Waals surface area contributed by atoms with Crippen molar-refractivity contribution in [3.05, 3.63) is 70.0 Å². The molecule has 3 rings (SSSR count). The maximum atomic E-state index is 12.3. The molecule has 104 valence electrons. The highest BCUT2D eigenvalue weighted by Crippen LogP contribution is 2.17. The summed E-state index contributed by atoms with van der Waals surface area (Å²) in [5, 5.41) is 0.785. The monoisotopic (exact) mass is 294 g/mol. The second-order valence-corrected chi connectivity index (χ2v) is 5.70. The fourth-order valence-corrected chi connectivity index (χ4v) is 3.16. The van der Waals surface area contributed by atoms with Crippen molar-refractivity contribution in [2.45, 2.75) is 6.54 Å². The number of hydrogen-bond acceptors (Lipinski definition) is 3. The van der Waals surface area contributed by atoms with Crippen molar-refractivity contribution in [2.75, 3.05) is 6.54 Å². The van der Waals surface area contributed by atoms with Gasteiger partial charge in [0.15, 0.2) is 0 Å². The topological polar surface area (TPSA) is 48.0 Å². The molecule has 0 atom stereocenters. The zero-order valence-electron chi connectivity index (χ0n) is 11.4. The number of fused-ring (bicyclic) bond motifs is 1. The predicted molar refractivity (Wildman–Crippen MR) is 87.6 cm³/mol. The average Bonchev–Trinajstić information content (AvgIpc) is 2.83. The van der Waals surface area contributed by atoms with Crippen LogP contribution in [-0.2, 0) is 6.54 Å². The van der Waals surface area contributed by atoms with Crippen molar-refractivity contribution in [1.29, 1.82) is 0 Å². The number of hydrogen-bond donors (Lipinski definition) is 1. The second kappa shape index (κ2) is 5.96. The Kier molecular flexibility index (Phi) is 3.87. The number of nitrogens with zero attached hydrogens (tertiary/aromatic N) is 1. The van der Waals surface area contributed by atoms with Crippen LogP contribution >= 0.6 is 11.5 Å². The van der Waals surface area contributed by atoms with Gasteiger partial charge in [0, 0.05) is 5.56 Å². The maximum absolute atomic E-state index is 12.3. The number of aromatic nitrogens is 1. The van der Waals surface area contributed by atoms with Crippen LogP contribution in [0.25, 0.3) is 10.1 Å². The standard InChI is InChI=1S/C17H14N2OS/c18-11-3-4-13-7-9-14(10-8-13)12-19-17(20)15-5-1-2-6-16(15)21-19/h1-2,5-10H,11-12,18H2. The first-order valence-electron chi connectivity index (χ1n) is 6.64. The summed E-state index contributed by atoms with van der Waals surface area (Å²) in [6.07, 6.45) is 0. The SMILES string of the molecule is NCC#Cc1ccc(Cn2sc3ccccc3c2=O)cc1. The van der Waals surface area contributed by atoms with Crippen molar-refractivity contribution >= 4 is 21.6 Å². The highest BCUT2D eigenvalue weighted by Gasteiger charge is 2.06. The normalized spacial score (nSPS) is 10.3. The Morgan fingerprint density at radius 1 is 1.10 bits per heavy atom. The summed E-state index contributed by atoms with van der Waals surface area (Å²) in [6, 6.07) is 15.6. The summed E-state index contributed by atoms with van der Waals surface area (Å²) in [5.74, 6) is 5.81. The van der Waals surface area contributed by atoms with Crippen molar-refractivity contribution in [3.63, 3.8) is 0 Å². The van der Waals surface area contributed by atoms with Gasteiger partial charge in [0.1, 0.15) is 0 Å². The van der Waals surface area contributed by atoms with Gasteiger partial charge < -0.3 is 5.73 Å². The Hall–Kier alpha value is -2.35. The van der Waals surface area contributed by atoms with Crippen LogP contribution in [0.5, 0.6) is 0 Å². The van der Waals surface area contributed by atoms with E-state index in [1.165, 1.54) is 11.5 Å². The molecule has 0 aliphatic rings. The van der Waals surface area contributed by atoms with Crippen molar-refractivity contribution < 1.29 is 0 Å². The van der Waals surface area contributed by atoms with Gasteiger partial charge in [0.05, 0.1) is 23.2 Å². The molecule has 0 aliphatic heterocycles. The minimum atomic E-state index is 0.0719. The third-order valence-corrected chi connectivity index (χ3v) is 4.24. The zero-order chi connectivity index (χ0) is 14.7. The molecule has 2 aromatic carbocycles. The molecule has 0 radical (unpaired) electrons. The van der Waals surface area contributed by atoms with Gasteiger partial charge >= 0.3 is 0 Å². The summed E-state index contributed by atoms with van der Waals surface area (Å²) < 4.78 is 2.80. The number of nitrogens with two attached hydrogens (primary N) is 1. The van der Waals surface area contributed by atoms with E-state index >= 15 is 0 Å². The summed E-state index contributed by atoms with van der Waals surface area (Å²) in [4.78, 5) is 12.3. The average molecular weight is 294 g/mol. The van der Waals surface area contributed by atoms with Crippen LogP contribution in [0.15, 0.2) is 53.3 Å². The second-order valence-electron chi connectivity index (χ2n) is 4.63. The van der Waals surface area contributed by atoms with Crippen molar-refractivity contribution in [3.8, 4) is 11.8 Å². The van der Waals surface area contributed by atoms with E-state index in [-0.39, 0.29) is 5.56 Å². The van der Waals surface area contributed by atoms with E-state index in [2.05, 4.69) is 11.8 Å². The first kappa shape index (κ1) is 13.6. The van der Waals surface area contributed by atoms with Crippen LogP contribution < -0.4 is 11.3 Å². The Bertz CT molecular complexity index is 879. The molecule has 1 aromatic heterocycles. The van der Waals surface area contributed by atoms with Gasteiger partial charge in [-0.15, -0.1) is 0 Å². The van der Waals surface area contributed by atoms with Crippen LogP contribution in [-0.4, -0.2) is 10.5 Å². The van der Waals surface area contributed by atoms with E-state index in [1.807, 2.05) is 48.5 Å². The molecule has 0 fully saturated rings. The molecule has 0 spiro atoms. The third-order valence-electron chi connectivity index (χ3n) is 3.17. The lowest BCUT2D eigenvalue weighted by atomic mass is 10.1. The first-order valence-corrected chi connectivity index (χ1v) is 7.42. The molecule has 2 N–H and O–H groups in total. The maximum Gasteiger partial charge on any atom is 0.268 e. The van der Waals surface area contributed by atoms with Gasteiger partial charge in [0.2, 0.25) is 0 Å². The summed E-state index contributed by atoms with van der Waals surface area (Å²) in [5.41, 5.74) is 7.45. The zero-order valence-corrected chi connectivity index (χ0v) is 12.2. The first-order chi connectivity index (χ1) is 10.3. The Morgan fingerprint density at radius 3 is 2.57 bits per heavy atom. The highest BCUT2D eigenvalue weighted by molar-refractivity contribution is 7.13. The minimum absolute atomic E-state index is 0.0719. The third kappa shape index (κ3) is 2.89. The van der Waals surface area contributed by atoms with Crippen LogP contribution in [0.1, 0.15) is 11.1 Å². The molecule has 0 saturated carbocycles. The molecule has 1 heterocycles. The molecule has 21 heavy (non-hydrogen) atoms.